The highest BCUT2D eigenvalue weighted by molar-refractivity contribution is 7.47. The molecule has 0 bridgehead atoms. The van der Waals surface area contributed by atoms with Gasteiger partial charge in [0.2, 0.25) is 0 Å². The first-order valence-electron chi connectivity index (χ1n) is 15.7. The maximum absolute atomic E-state index is 12.3. The summed E-state index contributed by atoms with van der Waals surface area (Å²) in [6, 6.07) is 7.91. The van der Waals surface area contributed by atoms with E-state index in [1.54, 1.807) is 0 Å². The van der Waals surface area contributed by atoms with E-state index in [1.807, 2.05) is 52.3 Å². The fourth-order valence-electron chi connectivity index (χ4n) is 4.51. The Labute approximate surface area is 245 Å². The summed E-state index contributed by atoms with van der Waals surface area (Å²) in [5, 5.41) is 0. The second-order valence-corrected chi connectivity index (χ2v) is 13.6. The highest BCUT2D eigenvalue weighted by Crippen LogP contribution is 2.43. The van der Waals surface area contributed by atoms with Crippen molar-refractivity contribution in [3.8, 4) is 5.75 Å². The number of carbonyl (C=O) groups is 1. The number of ketones is 1. The van der Waals surface area contributed by atoms with Gasteiger partial charge in [-0.15, -0.1) is 0 Å². The number of likely N-dealkylation sites (N-methyl/N-ethyl adjacent to an activating group) is 1. The molecule has 1 aromatic carbocycles. The van der Waals surface area contributed by atoms with Gasteiger partial charge < -0.3 is 14.1 Å². The second kappa shape index (κ2) is 21.5. The predicted molar refractivity (Wildman–Crippen MR) is 165 cm³/mol. The van der Waals surface area contributed by atoms with Crippen molar-refractivity contribution in [2.75, 3.05) is 47.5 Å². The van der Waals surface area contributed by atoms with Gasteiger partial charge in [0, 0.05) is 12.8 Å². The van der Waals surface area contributed by atoms with Crippen molar-refractivity contribution in [2.45, 2.75) is 110 Å². The van der Waals surface area contributed by atoms with Gasteiger partial charge in [-0.1, -0.05) is 96.6 Å². The molecule has 0 aromatic heterocycles. The second-order valence-electron chi connectivity index (χ2n) is 12.2. The minimum absolute atomic E-state index is 0.0128. The monoisotopic (exact) mass is 584 g/mol. The van der Waals surface area contributed by atoms with E-state index in [2.05, 4.69) is 6.92 Å². The van der Waals surface area contributed by atoms with Crippen LogP contribution in [0.2, 0.25) is 0 Å². The maximum Gasteiger partial charge on any atom is 0.472 e. The zero-order valence-corrected chi connectivity index (χ0v) is 27.1. The van der Waals surface area contributed by atoms with Crippen molar-refractivity contribution in [2.24, 2.45) is 5.92 Å². The molecule has 0 fully saturated rings. The first-order valence-corrected chi connectivity index (χ1v) is 17.2. The van der Waals surface area contributed by atoms with Crippen molar-refractivity contribution in [3.63, 3.8) is 0 Å². The van der Waals surface area contributed by atoms with Gasteiger partial charge in [0.05, 0.1) is 34.4 Å². The SMILES string of the molecule is CCCCCCCCCCCCCCOc1ccc(CC(COP(=O)(O)OCC[N+](C)(C)C)CC(=O)CC)cc1. The molecule has 0 saturated heterocycles. The Bertz CT molecular complexity index is 824. The lowest BCUT2D eigenvalue weighted by Gasteiger charge is -2.24. The molecule has 0 amide bonds. The molecule has 1 aromatic rings. The third-order valence-corrected chi connectivity index (χ3v) is 8.10. The summed E-state index contributed by atoms with van der Waals surface area (Å²) in [5.74, 6) is 0.743. The number of hydrogen-bond donors (Lipinski definition) is 1. The number of phosphoric ester groups is 1. The maximum atomic E-state index is 12.3. The summed E-state index contributed by atoms with van der Waals surface area (Å²) in [6.45, 7) is 5.50. The molecular weight excluding hydrogens is 525 g/mol. The molecule has 2 atom stereocenters. The Kier molecular flexibility index (Phi) is 19.7. The van der Waals surface area contributed by atoms with Gasteiger partial charge in [-0.2, -0.15) is 0 Å². The highest BCUT2D eigenvalue weighted by atomic mass is 31.2. The summed E-state index contributed by atoms with van der Waals surface area (Å²) in [4.78, 5) is 22.2. The number of benzene rings is 1. The van der Waals surface area contributed by atoms with Crippen molar-refractivity contribution in [3.05, 3.63) is 29.8 Å². The van der Waals surface area contributed by atoms with Gasteiger partial charge in [-0.05, 0) is 36.5 Å². The van der Waals surface area contributed by atoms with Crippen LogP contribution in [0.4, 0.5) is 0 Å². The van der Waals surface area contributed by atoms with Crippen molar-refractivity contribution < 1.29 is 32.5 Å². The van der Waals surface area contributed by atoms with E-state index in [1.165, 1.54) is 70.6 Å². The number of quaternary nitrogens is 1. The average molecular weight is 585 g/mol. The summed E-state index contributed by atoms with van der Waals surface area (Å²) in [6.07, 6.45) is 17.2. The zero-order valence-electron chi connectivity index (χ0n) is 26.2. The van der Waals surface area contributed by atoms with Crippen LogP contribution in [0.5, 0.6) is 5.75 Å². The summed E-state index contributed by atoms with van der Waals surface area (Å²) in [7, 11) is 1.77. The van der Waals surface area contributed by atoms with Crippen LogP contribution in [-0.2, 0) is 24.8 Å². The van der Waals surface area contributed by atoms with Crippen molar-refractivity contribution in [1.82, 2.24) is 0 Å². The third kappa shape index (κ3) is 20.6. The number of carbonyl (C=O) groups excluding carboxylic acids is 1. The lowest BCUT2D eigenvalue weighted by atomic mass is 9.94. The number of unbranched alkanes of at least 4 members (excludes halogenated alkanes) is 11. The molecule has 0 saturated carbocycles. The van der Waals surface area contributed by atoms with E-state index >= 15 is 0 Å². The number of nitrogens with zero attached hydrogens (tertiary/aromatic N) is 1. The summed E-state index contributed by atoms with van der Waals surface area (Å²) >= 11 is 0. The van der Waals surface area contributed by atoms with E-state index in [0.29, 0.717) is 30.3 Å². The van der Waals surface area contributed by atoms with Crippen LogP contribution in [0.3, 0.4) is 0 Å². The molecule has 40 heavy (non-hydrogen) atoms. The van der Waals surface area contributed by atoms with Crippen LogP contribution < -0.4 is 4.74 Å². The number of rotatable bonds is 26. The van der Waals surface area contributed by atoms with Gasteiger partial charge in [-0.25, -0.2) is 4.57 Å². The number of ether oxygens (including phenoxy) is 1. The van der Waals surface area contributed by atoms with Crippen molar-refractivity contribution in [1.29, 1.82) is 0 Å². The van der Waals surface area contributed by atoms with E-state index in [9.17, 15) is 14.3 Å². The fourth-order valence-corrected chi connectivity index (χ4v) is 5.30. The van der Waals surface area contributed by atoms with Crippen LogP contribution in [-0.4, -0.2) is 62.7 Å². The minimum atomic E-state index is -4.17. The molecule has 0 spiro atoms. The molecule has 0 radical (unpaired) electrons. The van der Waals surface area contributed by atoms with Gasteiger partial charge in [0.25, 0.3) is 0 Å². The summed E-state index contributed by atoms with van der Waals surface area (Å²) in [5.41, 5.74) is 1.04. The van der Waals surface area contributed by atoms with E-state index in [0.717, 1.165) is 24.3 Å². The number of hydrogen-bond acceptors (Lipinski definition) is 5. The van der Waals surface area contributed by atoms with Crippen LogP contribution in [0, 0.1) is 5.92 Å². The molecule has 1 N–H and O–H groups in total. The Morgan fingerprint density at radius 1 is 0.825 bits per heavy atom. The normalized spacial score (nSPS) is 14.2. The van der Waals surface area contributed by atoms with E-state index in [4.69, 9.17) is 13.8 Å². The fraction of sp³-hybridized carbons (Fsp3) is 0.781. The topological polar surface area (TPSA) is 82.1 Å². The Morgan fingerprint density at radius 2 is 1.38 bits per heavy atom. The van der Waals surface area contributed by atoms with Gasteiger partial charge in [-0.3, -0.25) is 13.8 Å². The van der Waals surface area contributed by atoms with Gasteiger partial charge in [0.15, 0.2) is 0 Å². The minimum Gasteiger partial charge on any atom is -0.494 e. The molecule has 2 unspecified atom stereocenters. The smallest absolute Gasteiger partial charge is 0.472 e. The van der Waals surface area contributed by atoms with Gasteiger partial charge in [0.1, 0.15) is 24.7 Å². The van der Waals surface area contributed by atoms with Crippen LogP contribution in [0.1, 0.15) is 109 Å². The first-order chi connectivity index (χ1) is 19.0. The van der Waals surface area contributed by atoms with Crippen LogP contribution >= 0.6 is 7.82 Å². The van der Waals surface area contributed by atoms with Crippen LogP contribution in [0.25, 0.3) is 0 Å². The third-order valence-electron chi connectivity index (χ3n) is 7.11. The number of Topliss-reactive ketones (excluding diaryl/α,β-unsaturated/α-hetero) is 1. The molecule has 0 heterocycles. The van der Waals surface area contributed by atoms with Crippen molar-refractivity contribution >= 4 is 13.6 Å². The molecule has 0 aliphatic rings. The van der Waals surface area contributed by atoms with Gasteiger partial charge >= 0.3 is 7.82 Å². The first kappa shape index (κ1) is 36.8. The number of phosphoric acid groups is 1. The molecule has 0 aliphatic carbocycles. The largest absolute Gasteiger partial charge is 0.494 e. The molecule has 8 heteroatoms. The molecule has 0 aliphatic heterocycles. The Morgan fingerprint density at radius 3 is 1.90 bits per heavy atom. The lowest BCUT2D eigenvalue weighted by molar-refractivity contribution is -0.870. The lowest BCUT2D eigenvalue weighted by Crippen LogP contribution is -2.37. The quantitative estimate of drug-likeness (QED) is 0.0672. The average Bonchev–Trinajstić information content (AvgIpc) is 2.90. The highest BCUT2D eigenvalue weighted by Gasteiger charge is 2.25. The standard InChI is InChI=1S/C32H58NO6P/c1-6-8-9-10-11-12-13-14-15-16-17-18-24-37-32-21-19-29(20-22-32)26-30(27-31(34)7-2)28-39-40(35,36)38-25-23-33(3,4)5/h19-22,30H,6-18,23-28H2,1-5H3/p+1. The molecule has 7 nitrogen and oxygen atoms in total. The van der Waals surface area contributed by atoms with Crippen LogP contribution in [0.15, 0.2) is 24.3 Å². The molecule has 232 valence electrons. The summed E-state index contributed by atoms with van der Waals surface area (Å²) < 4.78 is 29.3. The van der Waals surface area contributed by atoms with E-state index < -0.39 is 7.82 Å². The molecule has 1 rings (SSSR count). The Balaban J connectivity index is 2.33. The predicted octanol–water partition coefficient (Wildman–Crippen LogP) is 8.13. The molecular formula is C32H59NO6P+. The Hall–Kier alpha value is -1.24. The van der Waals surface area contributed by atoms with E-state index in [-0.39, 0.29) is 24.9 Å². The zero-order chi connectivity index (χ0) is 29.7.